The second kappa shape index (κ2) is 9.72. The lowest BCUT2D eigenvalue weighted by atomic mass is 10.0. The number of likely N-dealkylation sites (tertiary alicyclic amines) is 1. The molecule has 0 unspecified atom stereocenters. The lowest BCUT2D eigenvalue weighted by molar-refractivity contribution is -0.918. The van der Waals surface area contributed by atoms with Gasteiger partial charge < -0.3 is 10.2 Å². The van der Waals surface area contributed by atoms with Crippen molar-refractivity contribution in [3.05, 3.63) is 83.7 Å². The van der Waals surface area contributed by atoms with Crippen LogP contribution in [0.25, 0.3) is 5.69 Å². The molecule has 0 atom stereocenters. The van der Waals surface area contributed by atoms with Crippen LogP contribution >= 0.6 is 0 Å². The third kappa shape index (κ3) is 4.79. The Balaban J connectivity index is 1.38. The quantitative estimate of drug-likeness (QED) is 0.637. The molecule has 0 radical (unpaired) electrons. The lowest BCUT2D eigenvalue weighted by Gasteiger charge is -2.29. The average Bonchev–Trinajstić information content (AvgIpc) is 3.20. The van der Waals surface area contributed by atoms with Crippen molar-refractivity contribution in [1.29, 1.82) is 0 Å². The minimum absolute atomic E-state index is 0.0112. The van der Waals surface area contributed by atoms with Gasteiger partial charge in [0.1, 0.15) is 6.54 Å². The maximum atomic E-state index is 13.1. The number of hydrogen-bond donors (Lipinski definition) is 2. The molecule has 0 bridgehead atoms. The molecule has 1 fully saturated rings. The molecule has 2 aromatic carbocycles. The van der Waals surface area contributed by atoms with Crippen LogP contribution in [0.15, 0.2) is 66.9 Å². The zero-order chi connectivity index (χ0) is 20.8. The molecular formula is C25H31N4O+. The molecule has 1 aliphatic rings. The monoisotopic (exact) mass is 403 g/mol. The van der Waals surface area contributed by atoms with Gasteiger partial charge in [0.25, 0.3) is 5.91 Å². The van der Waals surface area contributed by atoms with Crippen molar-refractivity contribution in [2.75, 3.05) is 13.1 Å². The first-order valence-electron chi connectivity index (χ1n) is 11.0. The van der Waals surface area contributed by atoms with Crippen LogP contribution in [0.1, 0.15) is 47.8 Å². The van der Waals surface area contributed by atoms with Crippen LogP contribution in [0.4, 0.5) is 0 Å². The largest absolute Gasteiger partial charge is 0.349 e. The molecule has 3 aromatic rings. The van der Waals surface area contributed by atoms with E-state index in [1.165, 1.54) is 5.56 Å². The molecule has 5 heteroatoms. The highest BCUT2D eigenvalue weighted by Crippen LogP contribution is 2.17. The van der Waals surface area contributed by atoms with Crippen LogP contribution in [0.2, 0.25) is 0 Å². The van der Waals surface area contributed by atoms with Gasteiger partial charge in [-0.3, -0.25) is 4.79 Å². The number of para-hydroxylation sites is 1. The van der Waals surface area contributed by atoms with E-state index in [1.807, 2.05) is 35.0 Å². The normalized spacial score (nSPS) is 18.8. The van der Waals surface area contributed by atoms with Crippen molar-refractivity contribution in [2.24, 2.45) is 0 Å². The number of hydrogen-bond acceptors (Lipinski definition) is 2. The van der Waals surface area contributed by atoms with E-state index in [1.54, 1.807) is 11.1 Å². The molecule has 1 aliphatic heterocycles. The van der Waals surface area contributed by atoms with Gasteiger partial charge in [0.15, 0.2) is 0 Å². The molecule has 1 aromatic heterocycles. The number of nitrogens with one attached hydrogen (secondary N) is 2. The van der Waals surface area contributed by atoms with Crippen molar-refractivity contribution < 1.29 is 9.69 Å². The standard InChI is InChI=1S/C25H30N4O/c1-2-9-24-23(18-26-29(24)22-12-7-4-8-13-22)25(30)27-21-14-16-28(17-15-21)19-20-10-5-3-6-11-20/h3-8,10-13,18,21H,2,9,14-17,19H2,1H3,(H,27,30)/p+1. The van der Waals surface area contributed by atoms with E-state index in [4.69, 9.17) is 0 Å². The average molecular weight is 404 g/mol. The van der Waals surface area contributed by atoms with Crippen molar-refractivity contribution in [1.82, 2.24) is 15.1 Å². The molecule has 1 saturated heterocycles. The number of amides is 1. The Bertz CT molecular complexity index is 944. The summed E-state index contributed by atoms with van der Waals surface area (Å²) in [6.07, 6.45) is 5.56. The third-order valence-electron chi connectivity index (χ3n) is 5.93. The van der Waals surface area contributed by atoms with E-state index in [-0.39, 0.29) is 11.9 Å². The van der Waals surface area contributed by atoms with Crippen LogP contribution < -0.4 is 10.2 Å². The van der Waals surface area contributed by atoms with E-state index in [2.05, 4.69) is 47.7 Å². The molecular weight excluding hydrogens is 372 g/mol. The minimum Gasteiger partial charge on any atom is -0.349 e. The summed E-state index contributed by atoms with van der Waals surface area (Å²) in [7, 11) is 0. The van der Waals surface area contributed by atoms with Crippen LogP contribution in [-0.4, -0.2) is 34.8 Å². The van der Waals surface area contributed by atoms with Crippen LogP contribution in [-0.2, 0) is 13.0 Å². The van der Waals surface area contributed by atoms with Crippen LogP contribution in [0.5, 0.6) is 0 Å². The van der Waals surface area contributed by atoms with Gasteiger partial charge in [-0.25, -0.2) is 4.68 Å². The fraction of sp³-hybridized carbons (Fsp3) is 0.360. The summed E-state index contributed by atoms with van der Waals surface area (Å²) < 4.78 is 1.91. The number of rotatable bonds is 7. The maximum Gasteiger partial charge on any atom is 0.254 e. The van der Waals surface area contributed by atoms with Gasteiger partial charge in [-0.2, -0.15) is 5.10 Å². The molecule has 5 nitrogen and oxygen atoms in total. The Morgan fingerprint density at radius 2 is 1.73 bits per heavy atom. The van der Waals surface area contributed by atoms with Crippen molar-refractivity contribution in [3.63, 3.8) is 0 Å². The summed E-state index contributed by atoms with van der Waals surface area (Å²) in [5.41, 5.74) is 4.08. The number of carbonyl (C=O) groups is 1. The predicted octanol–water partition coefficient (Wildman–Crippen LogP) is 2.80. The molecule has 30 heavy (non-hydrogen) atoms. The van der Waals surface area contributed by atoms with Gasteiger partial charge in [-0.05, 0) is 18.6 Å². The molecule has 4 rings (SSSR count). The summed E-state index contributed by atoms with van der Waals surface area (Å²) >= 11 is 0. The SMILES string of the molecule is CCCc1c(C(=O)NC2CC[NH+](Cc3ccccc3)CC2)cnn1-c1ccccc1. The summed E-state index contributed by atoms with van der Waals surface area (Å²) in [4.78, 5) is 14.6. The fourth-order valence-electron chi connectivity index (χ4n) is 4.33. The van der Waals surface area contributed by atoms with E-state index < -0.39 is 0 Å². The smallest absolute Gasteiger partial charge is 0.254 e. The molecule has 2 heterocycles. The Hall–Kier alpha value is -2.92. The summed E-state index contributed by atoms with van der Waals surface area (Å²) in [5.74, 6) is 0.0112. The van der Waals surface area contributed by atoms with Gasteiger partial charge in [-0.15, -0.1) is 0 Å². The highest BCUT2D eigenvalue weighted by Gasteiger charge is 2.25. The Morgan fingerprint density at radius 1 is 1.07 bits per heavy atom. The number of aromatic nitrogens is 2. The third-order valence-corrected chi connectivity index (χ3v) is 5.93. The van der Waals surface area contributed by atoms with Crippen molar-refractivity contribution in [2.45, 2.75) is 45.2 Å². The second-order valence-electron chi connectivity index (χ2n) is 8.16. The zero-order valence-corrected chi connectivity index (χ0v) is 17.7. The first-order chi connectivity index (χ1) is 14.7. The zero-order valence-electron chi connectivity index (χ0n) is 17.7. The fourth-order valence-corrected chi connectivity index (χ4v) is 4.33. The number of quaternary nitrogens is 1. The molecule has 0 spiro atoms. The maximum absolute atomic E-state index is 13.1. The Labute approximate surface area is 178 Å². The van der Waals surface area contributed by atoms with Crippen molar-refractivity contribution in [3.8, 4) is 5.69 Å². The van der Waals surface area contributed by atoms with Crippen LogP contribution in [0, 0.1) is 0 Å². The van der Waals surface area contributed by atoms with E-state index in [0.717, 1.165) is 56.7 Å². The first kappa shape index (κ1) is 20.4. The Morgan fingerprint density at radius 3 is 2.40 bits per heavy atom. The number of carbonyl (C=O) groups excluding carboxylic acids is 1. The highest BCUT2D eigenvalue weighted by molar-refractivity contribution is 5.95. The minimum atomic E-state index is 0.0112. The number of benzene rings is 2. The predicted molar refractivity (Wildman–Crippen MR) is 119 cm³/mol. The van der Waals surface area contributed by atoms with Gasteiger partial charge in [0, 0.05) is 24.4 Å². The molecule has 1 amide bonds. The Kier molecular flexibility index (Phi) is 6.60. The summed E-state index contributed by atoms with van der Waals surface area (Å²) in [5, 5.41) is 7.81. The highest BCUT2D eigenvalue weighted by atomic mass is 16.1. The number of piperidine rings is 1. The molecule has 0 aliphatic carbocycles. The van der Waals surface area contributed by atoms with Crippen LogP contribution in [0.3, 0.4) is 0 Å². The molecule has 0 saturated carbocycles. The first-order valence-corrected chi connectivity index (χ1v) is 11.0. The van der Waals surface area contributed by atoms with E-state index in [9.17, 15) is 4.79 Å². The topological polar surface area (TPSA) is 51.4 Å². The molecule has 156 valence electrons. The van der Waals surface area contributed by atoms with E-state index >= 15 is 0 Å². The van der Waals surface area contributed by atoms with Gasteiger partial charge in [-0.1, -0.05) is 61.9 Å². The number of nitrogens with zero attached hydrogens (tertiary/aromatic N) is 2. The van der Waals surface area contributed by atoms with E-state index in [0.29, 0.717) is 5.56 Å². The van der Waals surface area contributed by atoms with Crippen molar-refractivity contribution >= 4 is 5.91 Å². The second-order valence-corrected chi connectivity index (χ2v) is 8.16. The van der Waals surface area contributed by atoms with Gasteiger partial charge in [0.05, 0.1) is 36.2 Å². The van der Waals surface area contributed by atoms with Gasteiger partial charge in [0.2, 0.25) is 0 Å². The van der Waals surface area contributed by atoms with Gasteiger partial charge >= 0.3 is 0 Å². The summed E-state index contributed by atoms with van der Waals surface area (Å²) in [6.45, 7) is 5.37. The molecule has 2 N–H and O–H groups in total. The summed E-state index contributed by atoms with van der Waals surface area (Å²) in [6, 6.07) is 20.9. The lowest BCUT2D eigenvalue weighted by Crippen LogP contribution is -3.12.